The topological polar surface area (TPSA) is 29.1 Å². The molecule has 0 atom stereocenters. The Hall–Kier alpha value is -1.61. The van der Waals surface area contributed by atoms with Crippen LogP contribution in [0.3, 0.4) is 0 Å². The highest BCUT2D eigenvalue weighted by molar-refractivity contribution is 9.10. The van der Waals surface area contributed by atoms with Gasteiger partial charge < -0.3 is 5.32 Å². The van der Waals surface area contributed by atoms with E-state index in [1.165, 1.54) is 0 Å². The molecule has 3 heteroatoms. The predicted octanol–water partition coefficient (Wildman–Crippen LogP) is 3.94. The summed E-state index contributed by atoms with van der Waals surface area (Å²) in [6, 6.07) is 15.5. The lowest BCUT2D eigenvalue weighted by Crippen LogP contribution is -2.15. The van der Waals surface area contributed by atoms with E-state index >= 15 is 0 Å². The van der Waals surface area contributed by atoms with Crippen LogP contribution in [0.5, 0.6) is 0 Å². The molecule has 2 rings (SSSR count). The number of rotatable bonds is 3. The Morgan fingerprint density at radius 1 is 1.11 bits per heavy atom. The molecule has 0 spiro atoms. The van der Waals surface area contributed by atoms with Gasteiger partial charge in [0.05, 0.1) is 6.42 Å². The van der Waals surface area contributed by atoms with E-state index in [1.807, 2.05) is 55.5 Å². The van der Waals surface area contributed by atoms with Crippen LogP contribution in [0.2, 0.25) is 0 Å². The first-order chi connectivity index (χ1) is 8.66. The fourth-order valence-corrected chi connectivity index (χ4v) is 2.08. The molecule has 92 valence electrons. The molecule has 0 unspecified atom stereocenters. The molecule has 0 heterocycles. The number of halogens is 1. The number of amides is 1. The lowest BCUT2D eigenvalue weighted by atomic mass is 10.1. The number of benzene rings is 2. The molecule has 2 aromatic carbocycles. The third-order valence-corrected chi connectivity index (χ3v) is 3.61. The van der Waals surface area contributed by atoms with Crippen LogP contribution in [-0.4, -0.2) is 5.91 Å². The summed E-state index contributed by atoms with van der Waals surface area (Å²) in [7, 11) is 0. The third kappa shape index (κ3) is 3.20. The van der Waals surface area contributed by atoms with E-state index in [4.69, 9.17) is 0 Å². The van der Waals surface area contributed by atoms with E-state index in [-0.39, 0.29) is 5.91 Å². The summed E-state index contributed by atoms with van der Waals surface area (Å²) in [6.07, 6.45) is 0.396. The van der Waals surface area contributed by atoms with Gasteiger partial charge in [0.1, 0.15) is 0 Å². The zero-order valence-electron chi connectivity index (χ0n) is 10.1. The molecule has 0 saturated carbocycles. The standard InChI is InChI=1S/C15H14BrNO/c1-11-13(16)8-5-9-14(11)17-15(18)10-12-6-3-2-4-7-12/h2-9H,10H2,1H3,(H,17,18). The van der Waals surface area contributed by atoms with Crippen molar-refractivity contribution >= 4 is 27.5 Å². The summed E-state index contributed by atoms with van der Waals surface area (Å²) in [5, 5.41) is 2.93. The van der Waals surface area contributed by atoms with Gasteiger partial charge in [0.15, 0.2) is 0 Å². The van der Waals surface area contributed by atoms with Crippen molar-refractivity contribution in [2.45, 2.75) is 13.3 Å². The number of carbonyl (C=O) groups is 1. The largest absolute Gasteiger partial charge is 0.326 e. The first-order valence-corrected chi connectivity index (χ1v) is 6.55. The Kier molecular flexibility index (Phi) is 4.15. The van der Waals surface area contributed by atoms with Crippen LogP contribution in [0.4, 0.5) is 5.69 Å². The Labute approximate surface area is 115 Å². The fourth-order valence-electron chi connectivity index (χ4n) is 1.72. The van der Waals surface area contributed by atoms with Gasteiger partial charge in [-0.05, 0) is 30.2 Å². The van der Waals surface area contributed by atoms with Crippen molar-refractivity contribution in [2.24, 2.45) is 0 Å². The first kappa shape index (κ1) is 12.8. The van der Waals surface area contributed by atoms with Crippen molar-refractivity contribution in [1.82, 2.24) is 0 Å². The molecule has 0 aliphatic carbocycles. The maximum Gasteiger partial charge on any atom is 0.228 e. The quantitative estimate of drug-likeness (QED) is 0.914. The van der Waals surface area contributed by atoms with Crippen molar-refractivity contribution in [3.05, 3.63) is 64.1 Å². The Morgan fingerprint density at radius 3 is 2.56 bits per heavy atom. The van der Waals surface area contributed by atoms with E-state index in [1.54, 1.807) is 0 Å². The van der Waals surface area contributed by atoms with Gasteiger partial charge >= 0.3 is 0 Å². The highest BCUT2D eigenvalue weighted by Crippen LogP contribution is 2.23. The first-order valence-electron chi connectivity index (χ1n) is 5.75. The molecule has 0 bridgehead atoms. The number of carbonyl (C=O) groups excluding carboxylic acids is 1. The van der Waals surface area contributed by atoms with Gasteiger partial charge in [0.2, 0.25) is 5.91 Å². The van der Waals surface area contributed by atoms with E-state index in [0.29, 0.717) is 6.42 Å². The van der Waals surface area contributed by atoms with E-state index in [9.17, 15) is 4.79 Å². The van der Waals surface area contributed by atoms with E-state index in [0.717, 1.165) is 21.3 Å². The molecular weight excluding hydrogens is 290 g/mol. The number of hydrogen-bond acceptors (Lipinski definition) is 1. The maximum absolute atomic E-state index is 11.9. The van der Waals surface area contributed by atoms with Crippen LogP contribution in [0.25, 0.3) is 0 Å². The summed E-state index contributed by atoms with van der Waals surface area (Å²) in [5.41, 5.74) is 2.91. The highest BCUT2D eigenvalue weighted by atomic mass is 79.9. The van der Waals surface area contributed by atoms with Crippen LogP contribution in [-0.2, 0) is 11.2 Å². The number of nitrogens with one attached hydrogen (secondary N) is 1. The van der Waals surface area contributed by atoms with Crippen molar-refractivity contribution in [3.8, 4) is 0 Å². The second-order valence-electron chi connectivity index (χ2n) is 4.12. The second kappa shape index (κ2) is 5.83. The normalized spacial score (nSPS) is 10.1. The SMILES string of the molecule is Cc1c(Br)cccc1NC(=O)Cc1ccccc1. The smallest absolute Gasteiger partial charge is 0.228 e. The van der Waals surface area contributed by atoms with Crippen LogP contribution in [0.15, 0.2) is 53.0 Å². The van der Waals surface area contributed by atoms with Gasteiger partial charge in [0, 0.05) is 10.2 Å². The summed E-state index contributed by atoms with van der Waals surface area (Å²) in [6.45, 7) is 1.97. The highest BCUT2D eigenvalue weighted by Gasteiger charge is 2.07. The zero-order chi connectivity index (χ0) is 13.0. The van der Waals surface area contributed by atoms with E-state index in [2.05, 4.69) is 21.2 Å². The van der Waals surface area contributed by atoms with Gasteiger partial charge in [0.25, 0.3) is 0 Å². The maximum atomic E-state index is 11.9. The molecule has 2 aromatic rings. The minimum atomic E-state index is 0.00222. The molecule has 0 aliphatic rings. The van der Waals surface area contributed by atoms with E-state index < -0.39 is 0 Å². The molecule has 0 saturated heterocycles. The van der Waals surface area contributed by atoms with Gasteiger partial charge in [-0.25, -0.2) is 0 Å². The molecule has 1 N–H and O–H groups in total. The number of anilines is 1. The fraction of sp³-hybridized carbons (Fsp3) is 0.133. The summed E-state index contributed by atoms with van der Waals surface area (Å²) < 4.78 is 1.00. The number of hydrogen-bond donors (Lipinski definition) is 1. The third-order valence-electron chi connectivity index (χ3n) is 2.75. The van der Waals surface area contributed by atoms with Crippen LogP contribution < -0.4 is 5.32 Å². The molecule has 18 heavy (non-hydrogen) atoms. The minimum Gasteiger partial charge on any atom is -0.326 e. The van der Waals surface area contributed by atoms with Crippen LogP contribution in [0, 0.1) is 6.92 Å². The lowest BCUT2D eigenvalue weighted by molar-refractivity contribution is -0.115. The molecule has 1 amide bonds. The van der Waals surface area contributed by atoms with Gasteiger partial charge in [-0.15, -0.1) is 0 Å². The van der Waals surface area contributed by atoms with Gasteiger partial charge in [-0.1, -0.05) is 52.3 Å². The monoisotopic (exact) mass is 303 g/mol. The van der Waals surface area contributed by atoms with Crippen LogP contribution in [0.1, 0.15) is 11.1 Å². The molecule has 0 radical (unpaired) electrons. The Morgan fingerprint density at radius 2 is 1.83 bits per heavy atom. The van der Waals surface area contributed by atoms with Gasteiger partial charge in [-0.2, -0.15) is 0 Å². The molecule has 0 fully saturated rings. The van der Waals surface area contributed by atoms with Gasteiger partial charge in [-0.3, -0.25) is 4.79 Å². The van der Waals surface area contributed by atoms with Crippen molar-refractivity contribution < 1.29 is 4.79 Å². The summed E-state index contributed by atoms with van der Waals surface area (Å²) >= 11 is 3.45. The lowest BCUT2D eigenvalue weighted by Gasteiger charge is -2.09. The van der Waals surface area contributed by atoms with Crippen molar-refractivity contribution in [2.75, 3.05) is 5.32 Å². The van der Waals surface area contributed by atoms with Crippen molar-refractivity contribution in [3.63, 3.8) is 0 Å². The molecule has 2 nitrogen and oxygen atoms in total. The van der Waals surface area contributed by atoms with Crippen molar-refractivity contribution in [1.29, 1.82) is 0 Å². The average Bonchev–Trinajstić information content (AvgIpc) is 2.36. The second-order valence-corrected chi connectivity index (χ2v) is 4.98. The Balaban J connectivity index is 2.06. The summed E-state index contributed by atoms with van der Waals surface area (Å²) in [4.78, 5) is 11.9. The molecule has 0 aromatic heterocycles. The Bertz CT molecular complexity index is 552. The predicted molar refractivity (Wildman–Crippen MR) is 77.7 cm³/mol. The summed E-state index contributed by atoms with van der Waals surface area (Å²) in [5.74, 6) is 0.00222. The zero-order valence-corrected chi connectivity index (χ0v) is 11.7. The minimum absolute atomic E-state index is 0.00222. The molecular formula is C15H14BrNO. The molecule has 0 aliphatic heterocycles. The van der Waals surface area contributed by atoms with Crippen LogP contribution >= 0.6 is 15.9 Å². The average molecular weight is 304 g/mol.